The van der Waals surface area contributed by atoms with E-state index in [0.717, 1.165) is 0 Å². The molecule has 122 valence electrons. The fourth-order valence-corrected chi connectivity index (χ4v) is 16.7. The summed E-state index contributed by atoms with van der Waals surface area (Å²) in [5.74, 6) is 0. The Balaban J connectivity index is 2.91. The summed E-state index contributed by atoms with van der Waals surface area (Å²) in [5.41, 5.74) is 4.89. The molecule has 0 aliphatic carbocycles. The zero-order chi connectivity index (χ0) is 16.1. The zero-order valence-electron chi connectivity index (χ0n) is 14.9. The van der Waals surface area contributed by atoms with E-state index in [1.165, 1.54) is 57.4 Å². The summed E-state index contributed by atoms with van der Waals surface area (Å²) in [6.07, 6.45) is 10.5. The third-order valence-corrected chi connectivity index (χ3v) is 18.3. The number of hydrogen-bond donors (Lipinski definition) is 0. The van der Waals surface area contributed by atoms with Gasteiger partial charge in [0.15, 0.2) is 0 Å². The molecule has 0 atom stereocenters. The minimum atomic E-state index is -2.12. The van der Waals surface area contributed by atoms with Gasteiger partial charge in [0.1, 0.15) is 0 Å². The Morgan fingerprint density at radius 1 is 0.818 bits per heavy atom. The van der Waals surface area contributed by atoms with Gasteiger partial charge < -0.3 is 0 Å². The van der Waals surface area contributed by atoms with Gasteiger partial charge in [-0.15, -0.1) is 0 Å². The van der Waals surface area contributed by atoms with Crippen LogP contribution in [0.15, 0.2) is 40.2 Å². The minimum absolute atomic E-state index is 1.28. The van der Waals surface area contributed by atoms with E-state index < -0.39 is 18.4 Å². The van der Waals surface area contributed by atoms with Gasteiger partial charge in [-0.3, -0.25) is 0 Å². The van der Waals surface area contributed by atoms with Crippen molar-refractivity contribution in [3.8, 4) is 0 Å². The van der Waals surface area contributed by atoms with Gasteiger partial charge in [0.2, 0.25) is 0 Å². The van der Waals surface area contributed by atoms with Gasteiger partial charge in [0, 0.05) is 0 Å². The molecule has 0 fully saturated rings. The van der Waals surface area contributed by atoms with E-state index in [4.69, 9.17) is 0 Å². The number of benzene rings is 1. The molecular weight excluding hydrogens is 371 g/mol. The molecule has 1 heteroatoms. The first-order valence-corrected chi connectivity index (χ1v) is 16.9. The first-order valence-electron chi connectivity index (χ1n) is 9.25. The zero-order valence-corrected chi connectivity index (χ0v) is 17.8. The molecular formula is C21H34Sn. The molecule has 0 saturated carbocycles. The molecule has 0 nitrogen and oxygen atoms in total. The SMILES string of the molecule is CCC[CH2][Sn]([CH]=C=Cc1ccccc1)([CH2]CCC)[CH2]CCC. The summed E-state index contributed by atoms with van der Waals surface area (Å²) in [6.45, 7) is 7.00. The van der Waals surface area contributed by atoms with Crippen LogP contribution in [-0.2, 0) is 0 Å². The van der Waals surface area contributed by atoms with Gasteiger partial charge in [0.05, 0.1) is 0 Å². The molecule has 0 amide bonds. The van der Waals surface area contributed by atoms with Gasteiger partial charge in [-0.1, -0.05) is 0 Å². The van der Waals surface area contributed by atoms with Crippen molar-refractivity contribution in [2.75, 3.05) is 0 Å². The third-order valence-electron chi connectivity index (χ3n) is 4.52. The fourth-order valence-electron chi connectivity index (χ4n) is 3.04. The molecule has 22 heavy (non-hydrogen) atoms. The van der Waals surface area contributed by atoms with Crippen LogP contribution < -0.4 is 0 Å². The molecule has 0 aliphatic heterocycles. The summed E-state index contributed by atoms with van der Waals surface area (Å²) in [6, 6.07) is 10.6. The molecule has 1 rings (SSSR count). The van der Waals surface area contributed by atoms with Gasteiger partial charge >= 0.3 is 143 Å². The summed E-state index contributed by atoms with van der Waals surface area (Å²) in [7, 11) is 0. The second-order valence-corrected chi connectivity index (χ2v) is 19.4. The van der Waals surface area contributed by atoms with Crippen LogP contribution in [-0.4, -0.2) is 18.4 Å². The first kappa shape index (κ1) is 19.6. The predicted molar refractivity (Wildman–Crippen MR) is 104 cm³/mol. The van der Waals surface area contributed by atoms with E-state index in [1.54, 1.807) is 0 Å². The quantitative estimate of drug-likeness (QED) is 0.269. The number of hydrogen-bond acceptors (Lipinski definition) is 0. The van der Waals surface area contributed by atoms with Crippen LogP contribution in [0.25, 0.3) is 6.08 Å². The van der Waals surface area contributed by atoms with Crippen LogP contribution in [0.1, 0.15) is 64.9 Å². The third kappa shape index (κ3) is 7.70. The summed E-state index contributed by atoms with van der Waals surface area (Å²) in [4.78, 5) is 0. The average Bonchev–Trinajstić information content (AvgIpc) is 2.57. The second kappa shape index (κ2) is 12.0. The van der Waals surface area contributed by atoms with E-state index in [9.17, 15) is 0 Å². The number of rotatable bonds is 11. The van der Waals surface area contributed by atoms with Crippen LogP contribution >= 0.6 is 0 Å². The summed E-state index contributed by atoms with van der Waals surface area (Å²) < 4.78 is 7.20. The molecule has 0 bridgehead atoms. The van der Waals surface area contributed by atoms with Crippen molar-refractivity contribution in [2.24, 2.45) is 0 Å². The molecule has 0 saturated heterocycles. The van der Waals surface area contributed by atoms with E-state index in [-0.39, 0.29) is 0 Å². The molecule has 1 aromatic carbocycles. The van der Waals surface area contributed by atoms with Crippen LogP contribution in [0.5, 0.6) is 0 Å². The molecule has 0 radical (unpaired) electrons. The Morgan fingerprint density at radius 2 is 1.32 bits per heavy atom. The topological polar surface area (TPSA) is 0 Å². The van der Waals surface area contributed by atoms with E-state index in [2.05, 4.69) is 67.0 Å². The Bertz CT molecular complexity index is 418. The Morgan fingerprint density at radius 3 is 1.77 bits per heavy atom. The molecule has 1 aromatic rings. The molecule has 0 N–H and O–H groups in total. The number of unbranched alkanes of at least 4 members (excludes halogenated alkanes) is 3. The van der Waals surface area contributed by atoms with Crippen molar-refractivity contribution >= 4 is 24.5 Å². The van der Waals surface area contributed by atoms with Crippen molar-refractivity contribution in [2.45, 2.75) is 72.6 Å². The van der Waals surface area contributed by atoms with Crippen molar-refractivity contribution in [1.29, 1.82) is 0 Å². The monoisotopic (exact) mass is 406 g/mol. The Kier molecular flexibility index (Phi) is 10.7. The predicted octanol–water partition coefficient (Wildman–Crippen LogP) is 7.24. The van der Waals surface area contributed by atoms with Crippen LogP contribution in [0.3, 0.4) is 0 Å². The Hall–Kier alpha value is -0.461. The Labute approximate surface area is 142 Å². The first-order chi connectivity index (χ1) is 10.8. The summed E-state index contributed by atoms with van der Waals surface area (Å²) in [5, 5.41) is 0. The average molecular weight is 405 g/mol. The maximum absolute atomic E-state index is 3.61. The fraction of sp³-hybridized carbons (Fsp3) is 0.571. The van der Waals surface area contributed by atoms with Crippen LogP contribution in [0, 0.1) is 0 Å². The second-order valence-electron chi connectivity index (χ2n) is 6.54. The van der Waals surface area contributed by atoms with Crippen molar-refractivity contribution in [1.82, 2.24) is 0 Å². The van der Waals surface area contributed by atoms with E-state index in [0.29, 0.717) is 0 Å². The van der Waals surface area contributed by atoms with Crippen LogP contribution in [0.4, 0.5) is 0 Å². The van der Waals surface area contributed by atoms with Crippen molar-refractivity contribution < 1.29 is 0 Å². The van der Waals surface area contributed by atoms with Gasteiger partial charge in [0.25, 0.3) is 0 Å². The van der Waals surface area contributed by atoms with Crippen molar-refractivity contribution in [3.05, 3.63) is 45.7 Å². The maximum atomic E-state index is 3.61. The van der Waals surface area contributed by atoms with Gasteiger partial charge in [-0.25, -0.2) is 0 Å². The van der Waals surface area contributed by atoms with Crippen LogP contribution in [0.2, 0.25) is 13.3 Å². The standard InChI is InChI=1S/C9H7.3C4H9.Sn/c1-2-6-9-7-4-3-5-8-9;3*1-3-4-2;/h1,3-8H;3*1,3-4H2,2H3;. The molecule has 0 unspecified atom stereocenters. The molecule has 0 aliphatic rings. The van der Waals surface area contributed by atoms with Crippen molar-refractivity contribution in [3.63, 3.8) is 0 Å². The summed E-state index contributed by atoms with van der Waals surface area (Å²) >= 11 is -2.12. The van der Waals surface area contributed by atoms with E-state index in [1.807, 2.05) is 0 Å². The van der Waals surface area contributed by atoms with Gasteiger partial charge in [-0.05, 0) is 0 Å². The molecule has 0 aromatic heterocycles. The normalized spacial score (nSPS) is 11.0. The van der Waals surface area contributed by atoms with Gasteiger partial charge in [-0.2, -0.15) is 0 Å². The molecule has 0 spiro atoms. The van der Waals surface area contributed by atoms with E-state index >= 15 is 0 Å². The molecule has 0 heterocycles.